The number of carboxylic acid groups (broad SMARTS) is 1. The molecule has 0 heterocycles. The summed E-state index contributed by atoms with van der Waals surface area (Å²) < 4.78 is 5.54. The number of carboxylic acids is 1. The van der Waals surface area contributed by atoms with E-state index in [1.165, 1.54) is 0 Å². The molecule has 0 radical (unpaired) electrons. The highest BCUT2D eigenvalue weighted by atomic mass is 16.5. The van der Waals surface area contributed by atoms with Crippen molar-refractivity contribution in [3.05, 3.63) is 59.7 Å². The quantitative estimate of drug-likeness (QED) is 0.509. The number of carbonyl (C=O) groups is 3. The van der Waals surface area contributed by atoms with Gasteiger partial charge in [-0.05, 0) is 47.4 Å². The van der Waals surface area contributed by atoms with Gasteiger partial charge in [-0.2, -0.15) is 0 Å². The predicted molar refractivity (Wildman–Crippen MR) is 124 cm³/mol. The first kappa shape index (κ1) is 22.8. The third-order valence-corrected chi connectivity index (χ3v) is 6.50. The van der Waals surface area contributed by atoms with E-state index in [0.717, 1.165) is 41.5 Å². The van der Waals surface area contributed by atoms with Gasteiger partial charge in [0.25, 0.3) is 0 Å². The molecule has 0 saturated heterocycles. The van der Waals surface area contributed by atoms with Crippen molar-refractivity contribution in [2.45, 2.75) is 44.6 Å². The van der Waals surface area contributed by atoms with E-state index in [4.69, 9.17) is 4.74 Å². The topological polar surface area (TPSA) is 105 Å². The van der Waals surface area contributed by atoms with Crippen molar-refractivity contribution in [3.63, 3.8) is 0 Å². The number of carbonyl (C=O) groups excluding carboxylic acids is 2. The average molecular weight is 451 g/mol. The Hall–Kier alpha value is -3.35. The molecule has 0 spiro atoms. The van der Waals surface area contributed by atoms with E-state index in [1.807, 2.05) is 31.2 Å². The van der Waals surface area contributed by atoms with E-state index in [-0.39, 0.29) is 30.9 Å². The first-order chi connectivity index (χ1) is 16.0. The van der Waals surface area contributed by atoms with Gasteiger partial charge in [0, 0.05) is 12.5 Å². The van der Waals surface area contributed by atoms with Crippen LogP contribution >= 0.6 is 0 Å². The van der Waals surface area contributed by atoms with Gasteiger partial charge in [-0.15, -0.1) is 0 Å². The Morgan fingerprint density at radius 1 is 1.03 bits per heavy atom. The lowest BCUT2D eigenvalue weighted by molar-refractivity contribution is -0.143. The predicted octanol–water partition coefficient (Wildman–Crippen LogP) is 3.92. The van der Waals surface area contributed by atoms with Crippen LogP contribution in [-0.2, 0) is 14.3 Å². The first-order valence-corrected chi connectivity index (χ1v) is 11.6. The third kappa shape index (κ3) is 5.18. The maximum atomic E-state index is 12.7. The number of amides is 2. The van der Waals surface area contributed by atoms with E-state index in [0.29, 0.717) is 6.42 Å². The van der Waals surface area contributed by atoms with E-state index >= 15 is 0 Å². The van der Waals surface area contributed by atoms with Gasteiger partial charge in [-0.1, -0.05) is 61.9 Å². The molecule has 174 valence electrons. The van der Waals surface area contributed by atoms with Gasteiger partial charge in [-0.3, -0.25) is 4.79 Å². The molecular formula is C26H30N2O5. The van der Waals surface area contributed by atoms with Gasteiger partial charge in [-0.25, -0.2) is 9.59 Å². The maximum absolute atomic E-state index is 12.7. The molecule has 7 nitrogen and oxygen atoms in total. The highest BCUT2D eigenvalue weighted by Gasteiger charge is 2.38. The number of rotatable bonds is 10. The summed E-state index contributed by atoms with van der Waals surface area (Å²) in [6.45, 7) is 2.25. The number of hydrogen-bond acceptors (Lipinski definition) is 4. The van der Waals surface area contributed by atoms with Gasteiger partial charge >= 0.3 is 12.1 Å². The lowest BCUT2D eigenvalue weighted by Gasteiger charge is -2.20. The van der Waals surface area contributed by atoms with Crippen molar-refractivity contribution in [1.29, 1.82) is 0 Å². The van der Waals surface area contributed by atoms with Crippen LogP contribution in [0.4, 0.5) is 4.79 Å². The van der Waals surface area contributed by atoms with Crippen molar-refractivity contribution in [1.82, 2.24) is 10.6 Å². The van der Waals surface area contributed by atoms with Crippen molar-refractivity contribution in [2.24, 2.45) is 11.8 Å². The summed E-state index contributed by atoms with van der Waals surface area (Å²) in [5.41, 5.74) is 4.58. The van der Waals surface area contributed by atoms with Gasteiger partial charge < -0.3 is 20.5 Å². The van der Waals surface area contributed by atoms with Crippen LogP contribution in [-0.4, -0.2) is 42.3 Å². The lowest BCUT2D eigenvalue weighted by Crippen LogP contribution is -2.47. The molecule has 33 heavy (non-hydrogen) atoms. The molecule has 0 aromatic heterocycles. The van der Waals surface area contributed by atoms with Gasteiger partial charge in [0.15, 0.2) is 0 Å². The molecular weight excluding hydrogens is 420 g/mol. The smallest absolute Gasteiger partial charge is 0.407 e. The molecule has 0 bridgehead atoms. The van der Waals surface area contributed by atoms with E-state index in [9.17, 15) is 19.5 Å². The number of fused-ring (bicyclic) bond motifs is 3. The minimum Gasteiger partial charge on any atom is -0.480 e. The Morgan fingerprint density at radius 2 is 1.64 bits per heavy atom. The Balaban J connectivity index is 1.33. The Labute approximate surface area is 193 Å². The largest absolute Gasteiger partial charge is 0.480 e. The zero-order valence-electron chi connectivity index (χ0n) is 18.8. The van der Waals surface area contributed by atoms with Crippen molar-refractivity contribution < 1.29 is 24.2 Å². The van der Waals surface area contributed by atoms with Gasteiger partial charge in [0.05, 0.1) is 5.92 Å². The minimum absolute atomic E-state index is 0.00354. The number of hydrogen-bond donors (Lipinski definition) is 3. The van der Waals surface area contributed by atoms with Crippen molar-refractivity contribution in [2.75, 3.05) is 13.2 Å². The molecule has 1 fully saturated rings. The molecule has 1 saturated carbocycles. The van der Waals surface area contributed by atoms with Crippen LogP contribution in [0.2, 0.25) is 0 Å². The van der Waals surface area contributed by atoms with E-state index in [2.05, 4.69) is 34.9 Å². The SMILES string of the molecule is CCCC(CNC(=O)OCC1c2ccccc2-c2ccccc21)C(=O)NC(C(=O)O)C1CC1. The Morgan fingerprint density at radius 3 is 2.18 bits per heavy atom. The Kier molecular flexibility index (Phi) is 6.96. The zero-order chi connectivity index (χ0) is 23.4. The second kappa shape index (κ2) is 10.1. The van der Waals surface area contributed by atoms with Crippen LogP contribution in [0.1, 0.15) is 49.7 Å². The number of ether oxygens (including phenoxy) is 1. The molecule has 7 heteroatoms. The second-order valence-corrected chi connectivity index (χ2v) is 8.85. The summed E-state index contributed by atoms with van der Waals surface area (Å²) in [7, 11) is 0. The molecule has 2 amide bonds. The average Bonchev–Trinajstić information content (AvgIpc) is 3.61. The summed E-state index contributed by atoms with van der Waals surface area (Å²) in [6.07, 6.45) is 2.34. The number of alkyl carbamates (subject to hydrolysis) is 1. The molecule has 4 rings (SSSR count). The molecule has 2 unspecified atom stereocenters. The summed E-state index contributed by atoms with van der Waals surface area (Å²) in [5, 5.41) is 14.7. The summed E-state index contributed by atoms with van der Waals surface area (Å²) in [5.74, 6) is -1.88. The van der Waals surface area contributed by atoms with Crippen molar-refractivity contribution in [3.8, 4) is 11.1 Å². The van der Waals surface area contributed by atoms with Crippen molar-refractivity contribution >= 4 is 18.0 Å². The fraction of sp³-hybridized carbons (Fsp3) is 0.423. The molecule has 2 aliphatic rings. The van der Waals surface area contributed by atoms with Gasteiger partial charge in [0.2, 0.25) is 5.91 Å². The third-order valence-electron chi connectivity index (χ3n) is 6.50. The summed E-state index contributed by atoms with van der Waals surface area (Å²) >= 11 is 0. The zero-order valence-corrected chi connectivity index (χ0v) is 18.8. The standard InChI is InChI=1S/C26H30N2O5/c1-2-7-17(24(29)28-23(25(30)31)16-12-13-16)14-27-26(32)33-15-22-20-10-5-3-8-18(20)19-9-4-6-11-21(19)22/h3-6,8-11,16-17,22-23H,2,7,12-15H2,1H3,(H,27,32)(H,28,29)(H,30,31). The van der Waals surface area contributed by atoms with Crippen LogP contribution in [0.5, 0.6) is 0 Å². The van der Waals surface area contributed by atoms with Gasteiger partial charge in [0.1, 0.15) is 12.6 Å². The molecule has 2 aliphatic carbocycles. The van der Waals surface area contributed by atoms with E-state index < -0.39 is 24.0 Å². The monoisotopic (exact) mass is 450 g/mol. The summed E-state index contributed by atoms with van der Waals surface area (Å²) in [6, 6.07) is 15.4. The highest BCUT2D eigenvalue weighted by molar-refractivity contribution is 5.86. The van der Waals surface area contributed by atoms with Crippen LogP contribution in [0.25, 0.3) is 11.1 Å². The molecule has 2 aromatic carbocycles. The first-order valence-electron chi connectivity index (χ1n) is 11.6. The molecule has 2 aromatic rings. The number of nitrogens with one attached hydrogen (secondary N) is 2. The molecule has 0 aliphatic heterocycles. The fourth-order valence-corrected chi connectivity index (χ4v) is 4.61. The Bertz CT molecular complexity index is 987. The number of aliphatic carboxylic acids is 1. The number of benzene rings is 2. The second-order valence-electron chi connectivity index (χ2n) is 8.85. The summed E-state index contributed by atoms with van der Waals surface area (Å²) in [4.78, 5) is 36.6. The van der Waals surface area contributed by atoms with Crippen LogP contribution in [0.15, 0.2) is 48.5 Å². The minimum atomic E-state index is -1.01. The van der Waals surface area contributed by atoms with E-state index in [1.54, 1.807) is 0 Å². The van der Waals surface area contributed by atoms with Crippen LogP contribution in [0.3, 0.4) is 0 Å². The highest BCUT2D eigenvalue weighted by Crippen LogP contribution is 2.44. The lowest BCUT2D eigenvalue weighted by atomic mass is 9.98. The maximum Gasteiger partial charge on any atom is 0.407 e. The fourth-order valence-electron chi connectivity index (χ4n) is 4.61. The normalized spacial score (nSPS) is 16.3. The molecule has 3 N–H and O–H groups in total. The van der Waals surface area contributed by atoms with Crippen LogP contribution < -0.4 is 10.6 Å². The molecule has 2 atom stereocenters. The van der Waals surface area contributed by atoms with Crippen LogP contribution in [0, 0.1) is 11.8 Å².